The van der Waals surface area contributed by atoms with E-state index in [0.29, 0.717) is 24.3 Å². The van der Waals surface area contributed by atoms with Crippen LogP contribution in [0.2, 0.25) is 0 Å². The first-order chi connectivity index (χ1) is 15.4. The lowest BCUT2D eigenvalue weighted by atomic mass is 10.2. The first kappa shape index (κ1) is 21.2. The van der Waals surface area contributed by atoms with E-state index in [0.717, 1.165) is 17.1 Å². The third kappa shape index (κ3) is 4.64. The van der Waals surface area contributed by atoms with Gasteiger partial charge in [-0.15, -0.1) is 0 Å². The quantitative estimate of drug-likeness (QED) is 0.459. The van der Waals surface area contributed by atoms with Crippen molar-refractivity contribution in [1.82, 2.24) is 14.9 Å². The van der Waals surface area contributed by atoms with Gasteiger partial charge in [0, 0.05) is 25.1 Å². The van der Waals surface area contributed by atoms with E-state index >= 15 is 0 Å². The molecule has 0 aliphatic rings. The lowest BCUT2D eigenvalue weighted by Gasteiger charge is -2.11. The molecule has 32 heavy (non-hydrogen) atoms. The molecule has 4 rings (SSSR count). The molecule has 3 aromatic carbocycles. The Morgan fingerprint density at radius 2 is 1.72 bits per heavy atom. The zero-order valence-electron chi connectivity index (χ0n) is 16.9. The number of amides is 1. The number of carbonyl (C=O) groups excluding carboxylic acids is 1. The van der Waals surface area contributed by atoms with Crippen molar-refractivity contribution in [3.63, 3.8) is 0 Å². The van der Waals surface area contributed by atoms with Crippen molar-refractivity contribution in [2.24, 2.45) is 0 Å². The number of halogens is 2. The lowest BCUT2D eigenvalue weighted by Crippen LogP contribution is -2.26. The first-order valence-corrected chi connectivity index (χ1v) is 9.91. The Morgan fingerprint density at radius 1 is 0.938 bits per heavy atom. The van der Waals surface area contributed by atoms with E-state index in [9.17, 15) is 23.5 Å². The molecule has 162 valence electrons. The van der Waals surface area contributed by atoms with Crippen LogP contribution in [-0.4, -0.2) is 33.1 Å². The summed E-state index contributed by atoms with van der Waals surface area (Å²) >= 11 is 0. The fraction of sp³-hybridized carbons (Fsp3) is 0.125. The maximum atomic E-state index is 13.3. The molecule has 4 aromatic rings. The van der Waals surface area contributed by atoms with E-state index in [1.54, 1.807) is 18.2 Å². The summed E-state index contributed by atoms with van der Waals surface area (Å²) in [6.45, 7) is 0.643. The first-order valence-electron chi connectivity index (χ1n) is 9.91. The molecule has 0 saturated heterocycles. The molecule has 1 heterocycles. The second-order valence-corrected chi connectivity index (χ2v) is 7.27. The van der Waals surface area contributed by atoms with E-state index in [1.807, 2.05) is 4.57 Å². The van der Waals surface area contributed by atoms with Crippen molar-refractivity contribution >= 4 is 22.9 Å². The van der Waals surface area contributed by atoms with E-state index in [1.165, 1.54) is 42.5 Å². The average Bonchev–Trinajstić information content (AvgIpc) is 3.11. The topological polar surface area (TPSA) is 84.2 Å². The Bertz CT molecular complexity index is 1300. The molecule has 0 aliphatic heterocycles. The van der Waals surface area contributed by atoms with Crippen molar-refractivity contribution in [3.8, 4) is 0 Å². The van der Waals surface area contributed by atoms with Gasteiger partial charge in [0.05, 0.1) is 16.6 Å². The largest absolute Gasteiger partial charge is 0.478 e. The summed E-state index contributed by atoms with van der Waals surface area (Å²) in [6.07, 6.45) is 0.360. The Labute approximate surface area is 182 Å². The van der Waals surface area contributed by atoms with Crippen molar-refractivity contribution in [2.75, 3.05) is 6.54 Å². The molecular formula is C24H19F2N3O3. The molecule has 6 nitrogen and oxygen atoms in total. The van der Waals surface area contributed by atoms with Gasteiger partial charge in [0.2, 0.25) is 0 Å². The van der Waals surface area contributed by atoms with Crippen LogP contribution < -0.4 is 5.32 Å². The van der Waals surface area contributed by atoms with Crippen LogP contribution in [0.3, 0.4) is 0 Å². The number of aromatic carboxylic acids is 1. The molecule has 0 bridgehead atoms. The minimum Gasteiger partial charge on any atom is -0.478 e. The van der Waals surface area contributed by atoms with E-state index in [2.05, 4.69) is 10.3 Å². The summed E-state index contributed by atoms with van der Waals surface area (Å²) in [6, 6.07) is 16.2. The SMILES string of the molecule is O=C(O)c1ccc2c(c1)nc(CCNC(=O)c1cccc(F)c1)n2Cc1ccc(F)cc1. The molecule has 0 radical (unpaired) electrons. The number of aromatic nitrogens is 2. The molecular weight excluding hydrogens is 416 g/mol. The number of nitrogens with zero attached hydrogens (tertiary/aromatic N) is 2. The number of fused-ring (bicyclic) bond motifs is 1. The van der Waals surface area contributed by atoms with Crippen LogP contribution in [-0.2, 0) is 13.0 Å². The second-order valence-electron chi connectivity index (χ2n) is 7.27. The van der Waals surface area contributed by atoms with Crippen LogP contribution in [0.5, 0.6) is 0 Å². The van der Waals surface area contributed by atoms with E-state index in [-0.39, 0.29) is 23.5 Å². The molecule has 0 aliphatic carbocycles. The summed E-state index contributed by atoms with van der Waals surface area (Å²) < 4.78 is 28.5. The van der Waals surface area contributed by atoms with Gasteiger partial charge in [-0.05, 0) is 54.1 Å². The minimum atomic E-state index is -1.05. The molecule has 0 fully saturated rings. The highest BCUT2D eigenvalue weighted by Gasteiger charge is 2.14. The highest BCUT2D eigenvalue weighted by molar-refractivity contribution is 5.94. The normalized spacial score (nSPS) is 10.9. The number of benzene rings is 3. The molecule has 0 spiro atoms. The van der Waals surface area contributed by atoms with Crippen molar-refractivity contribution in [3.05, 3.63) is 101 Å². The van der Waals surface area contributed by atoms with Crippen LogP contribution >= 0.6 is 0 Å². The van der Waals surface area contributed by atoms with Gasteiger partial charge >= 0.3 is 5.97 Å². The number of nitrogens with one attached hydrogen (secondary N) is 1. The summed E-state index contributed by atoms with van der Waals surface area (Å²) in [5.41, 5.74) is 2.42. The maximum absolute atomic E-state index is 13.3. The maximum Gasteiger partial charge on any atom is 0.335 e. The summed E-state index contributed by atoms with van der Waals surface area (Å²) in [7, 11) is 0. The average molecular weight is 435 g/mol. The summed E-state index contributed by atoms with van der Waals surface area (Å²) in [4.78, 5) is 28.2. The Hall–Kier alpha value is -4.07. The molecule has 1 aromatic heterocycles. The number of hydrogen-bond acceptors (Lipinski definition) is 3. The van der Waals surface area contributed by atoms with Gasteiger partial charge < -0.3 is 15.0 Å². The van der Waals surface area contributed by atoms with Crippen molar-refractivity contribution in [2.45, 2.75) is 13.0 Å². The highest BCUT2D eigenvalue weighted by Crippen LogP contribution is 2.20. The van der Waals surface area contributed by atoms with Crippen molar-refractivity contribution < 1.29 is 23.5 Å². The van der Waals surface area contributed by atoms with Crippen LogP contribution in [0.15, 0.2) is 66.7 Å². The Balaban J connectivity index is 1.59. The van der Waals surface area contributed by atoms with Gasteiger partial charge in [-0.2, -0.15) is 0 Å². The van der Waals surface area contributed by atoms with Crippen LogP contribution in [0.1, 0.15) is 32.1 Å². The Morgan fingerprint density at radius 3 is 2.44 bits per heavy atom. The Kier molecular flexibility index (Phi) is 5.93. The number of hydrogen-bond donors (Lipinski definition) is 2. The number of carboxylic acids is 1. The third-order valence-corrected chi connectivity index (χ3v) is 5.05. The number of rotatable bonds is 7. The van der Waals surface area contributed by atoms with Crippen LogP contribution in [0.25, 0.3) is 11.0 Å². The number of carbonyl (C=O) groups is 2. The minimum absolute atomic E-state index is 0.120. The summed E-state index contributed by atoms with van der Waals surface area (Å²) in [5.74, 6) is -1.65. The van der Waals surface area contributed by atoms with Gasteiger partial charge in [0.15, 0.2) is 0 Å². The molecule has 0 saturated carbocycles. The fourth-order valence-electron chi connectivity index (χ4n) is 3.47. The second kappa shape index (κ2) is 8.97. The third-order valence-electron chi connectivity index (χ3n) is 5.05. The van der Waals surface area contributed by atoms with Crippen LogP contribution in [0.4, 0.5) is 8.78 Å². The molecule has 2 N–H and O–H groups in total. The molecule has 1 amide bonds. The monoisotopic (exact) mass is 435 g/mol. The zero-order valence-corrected chi connectivity index (χ0v) is 16.9. The van der Waals surface area contributed by atoms with E-state index in [4.69, 9.17) is 0 Å². The lowest BCUT2D eigenvalue weighted by molar-refractivity contribution is 0.0696. The molecule has 0 unspecified atom stereocenters. The predicted molar refractivity (Wildman–Crippen MR) is 115 cm³/mol. The van der Waals surface area contributed by atoms with Gasteiger partial charge in [0.1, 0.15) is 17.5 Å². The van der Waals surface area contributed by atoms with Gasteiger partial charge in [-0.1, -0.05) is 18.2 Å². The smallest absolute Gasteiger partial charge is 0.335 e. The highest BCUT2D eigenvalue weighted by atomic mass is 19.1. The van der Waals surface area contributed by atoms with Gasteiger partial charge in [-0.25, -0.2) is 18.6 Å². The summed E-state index contributed by atoms with van der Waals surface area (Å²) in [5, 5.41) is 12.0. The van der Waals surface area contributed by atoms with Crippen LogP contribution in [0, 0.1) is 11.6 Å². The van der Waals surface area contributed by atoms with Crippen molar-refractivity contribution in [1.29, 1.82) is 0 Å². The van der Waals surface area contributed by atoms with Gasteiger partial charge in [0.25, 0.3) is 5.91 Å². The zero-order chi connectivity index (χ0) is 22.7. The molecule has 0 atom stereocenters. The predicted octanol–water partition coefficient (Wildman–Crippen LogP) is 4.03. The fourth-order valence-corrected chi connectivity index (χ4v) is 3.47. The number of imidazole rings is 1. The van der Waals surface area contributed by atoms with E-state index < -0.39 is 17.7 Å². The van der Waals surface area contributed by atoms with Gasteiger partial charge in [-0.3, -0.25) is 4.79 Å². The molecule has 8 heteroatoms. The number of carboxylic acid groups (broad SMARTS) is 1. The standard InChI is InChI=1S/C24H19F2N3O3/c25-18-7-4-15(5-8-18)14-29-21-9-6-17(24(31)32)13-20(21)28-22(29)10-11-27-23(30)16-2-1-3-19(26)12-16/h1-9,12-13H,10-11,14H2,(H,27,30)(H,31,32).